The highest BCUT2D eigenvalue weighted by Crippen LogP contribution is 2.36. The van der Waals surface area contributed by atoms with Gasteiger partial charge < -0.3 is 10.6 Å². The summed E-state index contributed by atoms with van der Waals surface area (Å²) in [5, 5.41) is 0.400. The topological polar surface area (TPSA) is 46.3 Å². The standard InChI is InChI=1S/C17H23ClN2O/c18-16-13(8-4-9-14(16)19)17(21)20-11-5-10-15(20)12-6-2-1-3-7-12/h4,8-9,12,15H,1-3,5-7,10-11,19H2. The van der Waals surface area contributed by atoms with Crippen LogP contribution in [-0.2, 0) is 0 Å². The van der Waals surface area contributed by atoms with Crippen molar-refractivity contribution in [2.75, 3.05) is 12.3 Å². The van der Waals surface area contributed by atoms with Gasteiger partial charge in [-0.05, 0) is 43.7 Å². The van der Waals surface area contributed by atoms with Gasteiger partial charge >= 0.3 is 0 Å². The van der Waals surface area contributed by atoms with Gasteiger partial charge in [0.05, 0.1) is 16.3 Å². The van der Waals surface area contributed by atoms with E-state index >= 15 is 0 Å². The zero-order valence-electron chi connectivity index (χ0n) is 12.4. The van der Waals surface area contributed by atoms with Gasteiger partial charge in [-0.3, -0.25) is 4.79 Å². The lowest BCUT2D eigenvalue weighted by Gasteiger charge is -2.34. The number of hydrogen-bond acceptors (Lipinski definition) is 2. The molecule has 1 atom stereocenters. The zero-order valence-corrected chi connectivity index (χ0v) is 13.1. The highest BCUT2D eigenvalue weighted by Gasteiger charge is 2.36. The van der Waals surface area contributed by atoms with E-state index in [9.17, 15) is 4.79 Å². The van der Waals surface area contributed by atoms with Gasteiger partial charge in [-0.1, -0.05) is 36.9 Å². The molecule has 1 aliphatic carbocycles. The summed E-state index contributed by atoms with van der Waals surface area (Å²) < 4.78 is 0. The molecular weight excluding hydrogens is 284 g/mol. The van der Waals surface area contributed by atoms with Crippen LogP contribution in [0.4, 0.5) is 5.69 Å². The molecule has 0 aromatic heterocycles. The van der Waals surface area contributed by atoms with Crippen molar-refractivity contribution < 1.29 is 4.79 Å². The molecule has 3 rings (SSSR count). The lowest BCUT2D eigenvalue weighted by Crippen LogP contribution is -2.40. The predicted molar refractivity (Wildman–Crippen MR) is 86.5 cm³/mol. The molecule has 1 saturated heterocycles. The highest BCUT2D eigenvalue weighted by molar-refractivity contribution is 6.36. The highest BCUT2D eigenvalue weighted by atomic mass is 35.5. The Labute approximate surface area is 131 Å². The number of nitrogen functional groups attached to an aromatic ring is 1. The Morgan fingerprint density at radius 2 is 1.90 bits per heavy atom. The van der Waals surface area contributed by atoms with E-state index in [0.717, 1.165) is 19.4 Å². The fourth-order valence-electron chi connectivity index (χ4n) is 3.92. The van der Waals surface area contributed by atoms with Crippen LogP contribution in [0.1, 0.15) is 55.3 Å². The van der Waals surface area contributed by atoms with Crippen LogP contribution in [0.15, 0.2) is 18.2 Å². The molecular formula is C17H23ClN2O. The number of nitrogens with two attached hydrogens (primary N) is 1. The molecule has 1 unspecified atom stereocenters. The van der Waals surface area contributed by atoms with Crippen molar-refractivity contribution in [2.24, 2.45) is 5.92 Å². The maximum absolute atomic E-state index is 12.9. The molecule has 2 fully saturated rings. The third-order valence-electron chi connectivity index (χ3n) is 5.01. The molecule has 1 aromatic rings. The van der Waals surface area contributed by atoms with Crippen LogP contribution in [0.3, 0.4) is 0 Å². The van der Waals surface area contributed by atoms with Crippen molar-refractivity contribution in [3.8, 4) is 0 Å². The van der Waals surface area contributed by atoms with Crippen LogP contribution in [0.25, 0.3) is 0 Å². The first kappa shape index (κ1) is 14.7. The number of amides is 1. The number of anilines is 1. The van der Waals surface area contributed by atoms with Crippen LogP contribution >= 0.6 is 11.6 Å². The molecule has 4 heteroatoms. The first-order valence-corrected chi connectivity index (χ1v) is 8.41. The number of nitrogens with zero attached hydrogens (tertiary/aromatic N) is 1. The number of rotatable bonds is 2. The van der Waals surface area contributed by atoms with Gasteiger partial charge in [0.15, 0.2) is 0 Å². The number of hydrogen-bond donors (Lipinski definition) is 1. The molecule has 2 aliphatic rings. The minimum absolute atomic E-state index is 0.0559. The van der Waals surface area contributed by atoms with Gasteiger partial charge in [0, 0.05) is 12.6 Å². The Balaban J connectivity index is 1.81. The van der Waals surface area contributed by atoms with Crippen molar-refractivity contribution >= 4 is 23.2 Å². The van der Waals surface area contributed by atoms with Crippen LogP contribution in [-0.4, -0.2) is 23.4 Å². The molecule has 114 valence electrons. The van der Waals surface area contributed by atoms with Crippen molar-refractivity contribution in [3.05, 3.63) is 28.8 Å². The molecule has 0 bridgehead atoms. The average Bonchev–Trinajstić information content (AvgIpc) is 3.00. The molecule has 1 saturated carbocycles. The summed E-state index contributed by atoms with van der Waals surface area (Å²) in [5.41, 5.74) is 6.87. The molecule has 1 aliphatic heterocycles. The van der Waals surface area contributed by atoms with Crippen molar-refractivity contribution in [1.29, 1.82) is 0 Å². The molecule has 1 aromatic carbocycles. The van der Waals surface area contributed by atoms with E-state index in [4.69, 9.17) is 17.3 Å². The van der Waals surface area contributed by atoms with E-state index in [1.807, 2.05) is 0 Å². The fraction of sp³-hybridized carbons (Fsp3) is 0.588. The molecule has 3 nitrogen and oxygen atoms in total. The summed E-state index contributed by atoms with van der Waals surface area (Å²) in [4.78, 5) is 14.9. The van der Waals surface area contributed by atoms with Gasteiger partial charge in [0.1, 0.15) is 0 Å². The van der Waals surface area contributed by atoms with E-state index in [2.05, 4.69) is 4.90 Å². The molecule has 1 amide bonds. The van der Waals surface area contributed by atoms with Gasteiger partial charge in [-0.15, -0.1) is 0 Å². The van der Waals surface area contributed by atoms with Gasteiger partial charge in [0.2, 0.25) is 0 Å². The smallest absolute Gasteiger partial charge is 0.255 e. The fourth-order valence-corrected chi connectivity index (χ4v) is 4.13. The SMILES string of the molecule is Nc1cccc(C(=O)N2CCCC2C2CCCCC2)c1Cl. The lowest BCUT2D eigenvalue weighted by atomic mass is 9.83. The number of likely N-dealkylation sites (tertiary alicyclic amines) is 1. The molecule has 0 radical (unpaired) electrons. The lowest BCUT2D eigenvalue weighted by molar-refractivity contribution is 0.0662. The number of halogens is 1. The number of carbonyl (C=O) groups is 1. The second kappa shape index (κ2) is 6.27. The monoisotopic (exact) mass is 306 g/mol. The third-order valence-corrected chi connectivity index (χ3v) is 5.43. The van der Waals surface area contributed by atoms with Crippen LogP contribution in [0, 0.1) is 5.92 Å². The van der Waals surface area contributed by atoms with E-state index in [-0.39, 0.29) is 5.91 Å². The Hall–Kier alpha value is -1.22. The first-order chi connectivity index (χ1) is 10.2. The minimum atomic E-state index is 0.0559. The van der Waals surface area contributed by atoms with Crippen LogP contribution in [0.5, 0.6) is 0 Å². The first-order valence-electron chi connectivity index (χ1n) is 8.03. The van der Waals surface area contributed by atoms with Gasteiger partial charge in [-0.25, -0.2) is 0 Å². The quantitative estimate of drug-likeness (QED) is 0.836. The Morgan fingerprint density at radius 1 is 1.14 bits per heavy atom. The number of benzene rings is 1. The maximum Gasteiger partial charge on any atom is 0.255 e. The second-order valence-electron chi connectivity index (χ2n) is 6.31. The van der Waals surface area contributed by atoms with Crippen molar-refractivity contribution in [1.82, 2.24) is 4.90 Å². The van der Waals surface area contributed by atoms with Crippen LogP contribution < -0.4 is 5.73 Å². The zero-order chi connectivity index (χ0) is 14.8. The summed E-state index contributed by atoms with van der Waals surface area (Å²) in [5.74, 6) is 0.727. The summed E-state index contributed by atoms with van der Waals surface area (Å²) in [6.07, 6.45) is 8.73. The summed E-state index contributed by atoms with van der Waals surface area (Å²) >= 11 is 6.23. The normalized spacial score (nSPS) is 23.5. The average molecular weight is 307 g/mol. The van der Waals surface area contributed by atoms with E-state index in [1.54, 1.807) is 18.2 Å². The summed E-state index contributed by atoms with van der Waals surface area (Å²) in [6, 6.07) is 5.73. The molecule has 21 heavy (non-hydrogen) atoms. The van der Waals surface area contributed by atoms with E-state index in [1.165, 1.54) is 32.1 Å². The Morgan fingerprint density at radius 3 is 2.67 bits per heavy atom. The maximum atomic E-state index is 12.9. The minimum Gasteiger partial charge on any atom is -0.398 e. The third kappa shape index (κ3) is 2.89. The van der Waals surface area contributed by atoms with Gasteiger partial charge in [0.25, 0.3) is 5.91 Å². The molecule has 0 spiro atoms. The number of carbonyl (C=O) groups excluding carboxylic acids is 1. The second-order valence-corrected chi connectivity index (χ2v) is 6.69. The Kier molecular flexibility index (Phi) is 4.39. The van der Waals surface area contributed by atoms with Gasteiger partial charge in [-0.2, -0.15) is 0 Å². The molecule has 2 N–H and O–H groups in total. The predicted octanol–water partition coefficient (Wildman–Crippen LogP) is 4.11. The van der Waals surface area contributed by atoms with Crippen molar-refractivity contribution in [2.45, 2.75) is 51.0 Å². The van der Waals surface area contributed by atoms with Crippen LogP contribution in [0.2, 0.25) is 5.02 Å². The summed E-state index contributed by atoms with van der Waals surface area (Å²) in [7, 11) is 0. The largest absolute Gasteiger partial charge is 0.398 e. The van der Waals surface area contributed by atoms with Crippen molar-refractivity contribution in [3.63, 3.8) is 0 Å². The Bertz CT molecular complexity index is 526. The van der Waals surface area contributed by atoms with E-state index < -0.39 is 0 Å². The molecule has 1 heterocycles. The summed E-state index contributed by atoms with van der Waals surface area (Å²) in [6.45, 7) is 0.852. The van der Waals surface area contributed by atoms with E-state index in [0.29, 0.717) is 28.2 Å².